The summed E-state index contributed by atoms with van der Waals surface area (Å²) in [4.78, 5) is 11.0. The molecule has 1 saturated carbocycles. The zero-order valence-electron chi connectivity index (χ0n) is 6.81. The normalized spacial score (nSPS) is 18.2. The van der Waals surface area contributed by atoms with Crippen LogP contribution in [-0.4, -0.2) is 5.91 Å². The number of carbonyl (C=O) groups excluding carboxylic acids is 1. The molecule has 11 heavy (non-hydrogen) atoms. The fourth-order valence-corrected chi connectivity index (χ4v) is 1.65. The molecular weight excluding hydrogens is 138 g/mol. The van der Waals surface area contributed by atoms with E-state index in [0.717, 1.165) is 0 Å². The molecule has 0 aromatic rings. The molecule has 0 radical (unpaired) electrons. The van der Waals surface area contributed by atoms with Crippen molar-refractivity contribution in [2.75, 3.05) is 0 Å². The lowest BCUT2D eigenvalue weighted by Gasteiger charge is -2.05. The average molecular weight is 153 g/mol. The van der Waals surface area contributed by atoms with Crippen molar-refractivity contribution < 1.29 is 4.79 Å². The maximum absolute atomic E-state index is 11.0. The Balaban J connectivity index is 2.18. The summed E-state index contributed by atoms with van der Waals surface area (Å²) in [5.74, 6) is 0.752. The van der Waals surface area contributed by atoms with Crippen molar-refractivity contribution in [1.82, 2.24) is 5.32 Å². The Labute approximate surface area is 67.7 Å². The van der Waals surface area contributed by atoms with E-state index in [-0.39, 0.29) is 5.91 Å². The molecule has 0 aromatic carbocycles. The van der Waals surface area contributed by atoms with Crippen LogP contribution in [0.5, 0.6) is 0 Å². The van der Waals surface area contributed by atoms with Gasteiger partial charge in [-0.05, 0) is 25.0 Å². The second kappa shape index (κ2) is 4.16. The van der Waals surface area contributed by atoms with Crippen molar-refractivity contribution >= 4 is 5.91 Å². The summed E-state index contributed by atoms with van der Waals surface area (Å²) in [6.45, 7) is 3.44. The predicted molar refractivity (Wildman–Crippen MR) is 44.9 cm³/mol. The zero-order valence-corrected chi connectivity index (χ0v) is 6.81. The average Bonchev–Trinajstić information content (AvgIpc) is 2.40. The van der Waals surface area contributed by atoms with Gasteiger partial charge in [0, 0.05) is 6.42 Å². The van der Waals surface area contributed by atoms with Gasteiger partial charge in [0.25, 0.3) is 0 Å². The predicted octanol–water partition coefficient (Wildman–Crippen LogP) is 1.83. The molecule has 0 atom stereocenters. The third-order valence-electron chi connectivity index (χ3n) is 2.21. The molecular formula is C9H15NO. The highest BCUT2D eigenvalue weighted by molar-refractivity contribution is 5.77. The summed E-state index contributed by atoms with van der Waals surface area (Å²) in [5.41, 5.74) is 0. The Kier molecular flexibility index (Phi) is 3.14. The van der Waals surface area contributed by atoms with Gasteiger partial charge in [0.1, 0.15) is 0 Å². The van der Waals surface area contributed by atoms with Gasteiger partial charge in [0.15, 0.2) is 0 Å². The van der Waals surface area contributed by atoms with E-state index in [4.69, 9.17) is 0 Å². The minimum absolute atomic E-state index is 0.118. The monoisotopic (exact) mass is 153 g/mol. The summed E-state index contributed by atoms with van der Waals surface area (Å²) in [6, 6.07) is 0. The highest BCUT2D eigenvalue weighted by Crippen LogP contribution is 2.27. The van der Waals surface area contributed by atoms with E-state index in [1.807, 2.05) is 0 Å². The van der Waals surface area contributed by atoms with Crippen molar-refractivity contribution in [2.45, 2.75) is 32.1 Å². The fraction of sp³-hybridized carbons (Fsp3) is 0.667. The molecule has 2 nitrogen and oxygen atoms in total. The second-order valence-electron chi connectivity index (χ2n) is 3.13. The molecule has 1 aliphatic carbocycles. The number of hydrogen-bond acceptors (Lipinski definition) is 1. The molecule has 0 heterocycles. The first-order valence-corrected chi connectivity index (χ1v) is 4.23. The lowest BCUT2D eigenvalue weighted by atomic mass is 10.0. The van der Waals surface area contributed by atoms with E-state index >= 15 is 0 Å². The van der Waals surface area contributed by atoms with Crippen LogP contribution in [0.3, 0.4) is 0 Å². The molecule has 0 unspecified atom stereocenters. The van der Waals surface area contributed by atoms with E-state index < -0.39 is 0 Å². The molecule has 0 spiro atoms. The molecule has 0 aliphatic heterocycles. The largest absolute Gasteiger partial charge is 0.333 e. The summed E-state index contributed by atoms with van der Waals surface area (Å²) in [7, 11) is 0. The van der Waals surface area contributed by atoms with E-state index in [1.165, 1.54) is 31.9 Å². The van der Waals surface area contributed by atoms with Gasteiger partial charge in [-0.15, -0.1) is 0 Å². The molecule has 62 valence electrons. The van der Waals surface area contributed by atoms with Crippen LogP contribution in [0.1, 0.15) is 32.1 Å². The van der Waals surface area contributed by atoms with E-state index in [2.05, 4.69) is 11.9 Å². The minimum Gasteiger partial charge on any atom is -0.333 e. The van der Waals surface area contributed by atoms with Crippen LogP contribution >= 0.6 is 0 Å². The van der Waals surface area contributed by atoms with E-state index in [0.29, 0.717) is 12.3 Å². The van der Waals surface area contributed by atoms with Crippen LogP contribution in [0.25, 0.3) is 0 Å². The maximum Gasteiger partial charge on any atom is 0.224 e. The van der Waals surface area contributed by atoms with Crippen molar-refractivity contribution in [1.29, 1.82) is 0 Å². The molecule has 0 aromatic heterocycles. The van der Waals surface area contributed by atoms with Crippen LogP contribution in [0.4, 0.5) is 0 Å². The topological polar surface area (TPSA) is 29.1 Å². The number of hydrogen-bond donors (Lipinski definition) is 1. The molecule has 1 fully saturated rings. The highest BCUT2D eigenvalue weighted by Gasteiger charge is 2.17. The molecule has 0 bridgehead atoms. The van der Waals surface area contributed by atoms with Crippen LogP contribution in [-0.2, 0) is 4.79 Å². The number of carbonyl (C=O) groups is 1. The first-order chi connectivity index (χ1) is 5.33. The molecule has 2 heteroatoms. The van der Waals surface area contributed by atoms with Gasteiger partial charge >= 0.3 is 0 Å². The van der Waals surface area contributed by atoms with Gasteiger partial charge in [-0.25, -0.2) is 0 Å². The van der Waals surface area contributed by atoms with E-state index in [9.17, 15) is 4.79 Å². The third kappa shape index (κ3) is 2.74. The molecule has 1 aliphatic rings. The Bertz CT molecular complexity index is 148. The zero-order chi connectivity index (χ0) is 8.10. The lowest BCUT2D eigenvalue weighted by molar-refractivity contribution is -0.121. The molecule has 1 amide bonds. The number of nitrogens with one attached hydrogen (secondary N) is 1. The maximum atomic E-state index is 11.0. The van der Waals surface area contributed by atoms with Gasteiger partial charge in [-0.2, -0.15) is 0 Å². The third-order valence-corrected chi connectivity index (χ3v) is 2.21. The minimum atomic E-state index is 0.118. The van der Waals surface area contributed by atoms with Crippen LogP contribution < -0.4 is 5.32 Å². The van der Waals surface area contributed by atoms with Gasteiger partial charge in [0.05, 0.1) is 0 Å². The van der Waals surface area contributed by atoms with Crippen molar-refractivity contribution in [3.63, 3.8) is 0 Å². The Morgan fingerprint density at radius 3 is 2.73 bits per heavy atom. The lowest BCUT2D eigenvalue weighted by Crippen LogP contribution is -2.18. The molecule has 1 N–H and O–H groups in total. The first kappa shape index (κ1) is 8.31. The summed E-state index contributed by atoms with van der Waals surface area (Å²) in [5, 5.41) is 2.60. The van der Waals surface area contributed by atoms with Gasteiger partial charge in [0.2, 0.25) is 5.91 Å². The van der Waals surface area contributed by atoms with Crippen LogP contribution in [0, 0.1) is 5.92 Å². The van der Waals surface area contributed by atoms with Crippen LogP contribution in [0.2, 0.25) is 0 Å². The Hall–Kier alpha value is -0.790. The molecule has 0 saturated heterocycles. The quantitative estimate of drug-likeness (QED) is 0.658. The molecule has 1 rings (SSSR count). The van der Waals surface area contributed by atoms with E-state index in [1.54, 1.807) is 0 Å². The van der Waals surface area contributed by atoms with Crippen molar-refractivity contribution in [2.24, 2.45) is 5.92 Å². The summed E-state index contributed by atoms with van der Waals surface area (Å²) < 4.78 is 0. The smallest absolute Gasteiger partial charge is 0.224 e. The summed E-state index contributed by atoms with van der Waals surface area (Å²) in [6.07, 6.45) is 7.19. The first-order valence-electron chi connectivity index (χ1n) is 4.23. The second-order valence-corrected chi connectivity index (χ2v) is 3.13. The Morgan fingerprint density at radius 1 is 1.55 bits per heavy atom. The summed E-state index contributed by atoms with van der Waals surface area (Å²) >= 11 is 0. The number of amides is 1. The van der Waals surface area contributed by atoms with Gasteiger partial charge in [-0.3, -0.25) is 4.79 Å². The van der Waals surface area contributed by atoms with Crippen molar-refractivity contribution in [3.8, 4) is 0 Å². The van der Waals surface area contributed by atoms with Gasteiger partial charge < -0.3 is 5.32 Å². The SMILES string of the molecule is C=CNC(=O)CC1CCCC1. The Morgan fingerprint density at radius 2 is 2.18 bits per heavy atom. The van der Waals surface area contributed by atoms with Gasteiger partial charge in [-0.1, -0.05) is 19.4 Å². The number of rotatable bonds is 3. The fourth-order valence-electron chi connectivity index (χ4n) is 1.65. The van der Waals surface area contributed by atoms with Crippen LogP contribution in [0.15, 0.2) is 12.8 Å². The standard InChI is InChI=1S/C9H15NO/c1-2-10-9(11)7-8-5-3-4-6-8/h2,8H,1,3-7H2,(H,10,11). The van der Waals surface area contributed by atoms with Crippen molar-refractivity contribution in [3.05, 3.63) is 12.8 Å². The highest BCUT2D eigenvalue weighted by atomic mass is 16.1.